The summed E-state index contributed by atoms with van der Waals surface area (Å²) >= 11 is 0. The second-order valence-electron chi connectivity index (χ2n) is 20.7. The first-order valence-corrected chi connectivity index (χ1v) is 24.9. The molecule has 2 fully saturated rings. The molecule has 2 saturated heterocycles. The van der Waals surface area contributed by atoms with Crippen molar-refractivity contribution in [3.8, 4) is 0 Å². The Morgan fingerprint density at radius 1 is 0.841 bits per heavy atom. The van der Waals surface area contributed by atoms with E-state index in [9.17, 15) is 33.6 Å². The van der Waals surface area contributed by atoms with Crippen LogP contribution in [0, 0.1) is 23.7 Å². The van der Waals surface area contributed by atoms with E-state index in [0.717, 1.165) is 37.8 Å². The molecule has 0 bridgehead atoms. The third-order valence-corrected chi connectivity index (χ3v) is 13.6. The molecule has 0 aliphatic carbocycles. The molecule has 0 saturated carbocycles. The van der Waals surface area contributed by atoms with E-state index in [1.165, 1.54) is 6.92 Å². The third kappa shape index (κ3) is 17.2. The fourth-order valence-corrected chi connectivity index (χ4v) is 9.45. The van der Waals surface area contributed by atoms with Gasteiger partial charge in [-0.2, -0.15) is 0 Å². The van der Waals surface area contributed by atoms with Crippen molar-refractivity contribution in [2.45, 2.75) is 162 Å². The number of likely N-dealkylation sites (tertiary alicyclic amines) is 2. The number of carbonyl (C=O) groups excluding carboxylic acids is 7. The Morgan fingerprint density at radius 3 is 2.09 bits per heavy atom. The summed E-state index contributed by atoms with van der Waals surface area (Å²) in [5.74, 6) is -2.57. The number of ether oxygens (including phenoxy) is 3. The smallest absolute Gasteiger partial charge is 0.408 e. The maximum Gasteiger partial charge on any atom is 0.408 e. The van der Waals surface area contributed by atoms with Gasteiger partial charge in [0.1, 0.15) is 23.7 Å². The summed E-state index contributed by atoms with van der Waals surface area (Å²) in [6.45, 7) is 20.4. The number of methoxy groups -OCH3 is 2. The average molecular weight is 971 g/mol. The summed E-state index contributed by atoms with van der Waals surface area (Å²) in [5.41, 5.74) is 0.657. The van der Waals surface area contributed by atoms with E-state index in [2.05, 4.69) is 26.2 Å². The van der Waals surface area contributed by atoms with Gasteiger partial charge in [0.25, 0.3) is 0 Å². The van der Waals surface area contributed by atoms with E-state index in [1.807, 2.05) is 58.7 Å². The van der Waals surface area contributed by atoms with Gasteiger partial charge in [-0.25, -0.2) is 4.79 Å². The van der Waals surface area contributed by atoms with Crippen LogP contribution < -0.4 is 21.3 Å². The minimum absolute atomic E-state index is 0.0189. The minimum atomic E-state index is -0.937. The van der Waals surface area contributed by atoms with Crippen LogP contribution in [0.4, 0.5) is 10.5 Å². The molecule has 1 aromatic carbocycles. The van der Waals surface area contributed by atoms with Crippen LogP contribution in [-0.4, -0.2) is 171 Å². The van der Waals surface area contributed by atoms with Crippen molar-refractivity contribution >= 4 is 47.2 Å². The highest BCUT2D eigenvalue weighted by Gasteiger charge is 2.43. The normalized spacial score (nSPS) is 20.0. The zero-order valence-corrected chi connectivity index (χ0v) is 44.3. The zero-order chi connectivity index (χ0) is 51.9. The van der Waals surface area contributed by atoms with Gasteiger partial charge in [0.2, 0.25) is 35.4 Å². The Kier molecular flexibility index (Phi) is 22.9. The second kappa shape index (κ2) is 27.0. The molecule has 0 unspecified atom stereocenters. The summed E-state index contributed by atoms with van der Waals surface area (Å²) < 4.78 is 17.3. The number of amides is 7. The number of likely N-dealkylation sites (N-methyl/N-ethyl adjacent to an activating group) is 2. The van der Waals surface area contributed by atoms with Crippen molar-refractivity contribution < 1.29 is 47.8 Å². The van der Waals surface area contributed by atoms with Crippen LogP contribution in [-0.2, 0) is 49.4 Å². The van der Waals surface area contributed by atoms with Gasteiger partial charge in [0.15, 0.2) is 0 Å². The van der Waals surface area contributed by atoms with Crippen LogP contribution in [0.3, 0.4) is 0 Å². The monoisotopic (exact) mass is 971 g/mol. The van der Waals surface area contributed by atoms with Crippen molar-refractivity contribution in [3.05, 3.63) is 29.8 Å². The molecule has 4 N–H and O–H groups in total. The lowest BCUT2D eigenvalue weighted by atomic mass is 9.89. The first-order valence-electron chi connectivity index (χ1n) is 24.9. The van der Waals surface area contributed by atoms with Gasteiger partial charge in [-0.3, -0.25) is 28.8 Å². The zero-order valence-electron chi connectivity index (χ0n) is 44.3. The fraction of sp³-hybridized carbons (Fsp3) is 0.745. The van der Waals surface area contributed by atoms with Gasteiger partial charge < -0.3 is 55.1 Å². The number of benzene rings is 1. The lowest BCUT2D eigenvalue weighted by Gasteiger charge is -2.41. The highest BCUT2D eigenvalue weighted by Crippen LogP contribution is 2.30. The van der Waals surface area contributed by atoms with Crippen LogP contribution in [0.15, 0.2) is 24.3 Å². The standard InChI is InChI=1S/C51H86N8O10/c1-16-32(4)43(58(13)49(65)42(31(2)3)55-47(63)37-21-18-25-56(11)30-37)40(67-14)29-41(60)59-26-19-23-39(59)44(68-15)33(5)48(64)57(12)27-24-36-20-17-22-38(28-36)54-46(62)34(6)52-45(61)35(7)53-50(66)69-51(8,9)10/h17,20,22,28,31-35,37,39-40,42-44H,16,18-19,21,23-27,29-30H2,1-15H3,(H,52,61)(H,53,66)(H,54,62)(H,55,63)/t32-,33+,34-,35-,37+,39-,40+,42-,43-,44+/m0/s1. The Balaban J connectivity index is 1.63. The summed E-state index contributed by atoms with van der Waals surface area (Å²) in [4.78, 5) is 101. The number of nitrogens with zero attached hydrogens (tertiary/aromatic N) is 4. The number of nitrogens with one attached hydrogen (secondary N) is 4. The minimum Gasteiger partial charge on any atom is -0.444 e. The highest BCUT2D eigenvalue weighted by molar-refractivity contribution is 5.98. The molecule has 7 amide bonds. The van der Waals surface area contributed by atoms with E-state index >= 15 is 0 Å². The Hall–Kier alpha value is -4.81. The summed E-state index contributed by atoms with van der Waals surface area (Å²) in [7, 11) is 8.61. The SMILES string of the molecule is CC[C@H](C)[C@@H]([C@@H](CC(=O)N1CCC[C@H]1[C@H](OC)[C@@H](C)C(=O)N(C)CCc1cccc(NC(=O)[C@H](C)NC(=O)[C@H](C)NC(=O)OC(C)(C)C)c1)OC)N(C)C(=O)[C@@H](NC(=O)[C@@H]1CCCN(C)C1)C(C)C. The average Bonchev–Trinajstić information content (AvgIpc) is 3.78. The molecule has 10 atom stereocenters. The van der Waals surface area contributed by atoms with Gasteiger partial charge >= 0.3 is 6.09 Å². The second-order valence-corrected chi connectivity index (χ2v) is 20.7. The van der Waals surface area contributed by atoms with Gasteiger partial charge in [-0.05, 0) is 110 Å². The predicted octanol–water partition coefficient (Wildman–Crippen LogP) is 4.45. The molecular formula is C51H86N8O10. The number of carbonyl (C=O) groups is 7. The Bertz CT molecular complexity index is 1890. The summed E-state index contributed by atoms with van der Waals surface area (Å²) in [5, 5.41) is 11.0. The molecule has 1 aromatic rings. The quantitative estimate of drug-likeness (QED) is 0.121. The molecule has 3 rings (SSSR count). The maximum absolute atomic E-state index is 14.4. The third-order valence-electron chi connectivity index (χ3n) is 13.6. The van der Waals surface area contributed by atoms with E-state index < -0.39 is 65.8 Å². The first-order chi connectivity index (χ1) is 32.3. The van der Waals surface area contributed by atoms with E-state index in [-0.39, 0.29) is 53.8 Å². The fourth-order valence-electron chi connectivity index (χ4n) is 9.45. The highest BCUT2D eigenvalue weighted by atomic mass is 16.6. The van der Waals surface area contributed by atoms with Crippen LogP contribution in [0.5, 0.6) is 0 Å². The number of hydrogen-bond acceptors (Lipinski definition) is 11. The molecule has 18 nitrogen and oxygen atoms in total. The van der Waals surface area contributed by atoms with Gasteiger partial charge in [-0.15, -0.1) is 0 Å². The maximum atomic E-state index is 14.4. The lowest BCUT2D eigenvalue weighted by molar-refractivity contribution is -0.149. The Morgan fingerprint density at radius 2 is 1.49 bits per heavy atom. The van der Waals surface area contributed by atoms with Crippen molar-refractivity contribution in [2.24, 2.45) is 23.7 Å². The molecule has 0 radical (unpaired) electrons. The molecular weight excluding hydrogens is 885 g/mol. The first kappa shape index (κ1) is 58.5. The van der Waals surface area contributed by atoms with E-state index in [1.54, 1.807) is 77.9 Å². The van der Waals surface area contributed by atoms with Crippen LogP contribution in [0.1, 0.15) is 113 Å². The predicted molar refractivity (Wildman–Crippen MR) is 266 cm³/mol. The lowest BCUT2D eigenvalue weighted by Crippen LogP contribution is -2.58. The van der Waals surface area contributed by atoms with Crippen LogP contribution >= 0.6 is 0 Å². The number of anilines is 1. The molecule has 0 aromatic heterocycles. The summed E-state index contributed by atoms with van der Waals surface area (Å²) in [6.07, 6.45) is 2.39. The van der Waals surface area contributed by atoms with Crippen molar-refractivity contribution in [3.63, 3.8) is 0 Å². The molecule has 2 aliphatic rings. The number of rotatable bonds is 23. The van der Waals surface area contributed by atoms with E-state index in [0.29, 0.717) is 38.2 Å². The molecule has 2 aliphatic heterocycles. The number of hydrogen-bond donors (Lipinski definition) is 4. The number of alkyl carbamates (subject to hydrolysis) is 1. The van der Waals surface area contributed by atoms with Crippen LogP contribution in [0.2, 0.25) is 0 Å². The summed E-state index contributed by atoms with van der Waals surface area (Å²) in [6, 6.07) is 3.85. The molecule has 18 heteroatoms. The molecule has 0 spiro atoms. The number of piperidine rings is 1. The van der Waals surface area contributed by atoms with Crippen molar-refractivity contribution in [2.75, 3.05) is 66.9 Å². The molecule has 69 heavy (non-hydrogen) atoms. The van der Waals surface area contributed by atoms with Crippen molar-refractivity contribution in [1.29, 1.82) is 0 Å². The van der Waals surface area contributed by atoms with E-state index in [4.69, 9.17) is 14.2 Å². The Labute approximate surface area is 412 Å². The van der Waals surface area contributed by atoms with Gasteiger partial charge in [-0.1, -0.05) is 53.2 Å². The molecule has 2 heterocycles. The molecule has 390 valence electrons. The van der Waals surface area contributed by atoms with Gasteiger partial charge in [0.05, 0.1) is 42.5 Å². The van der Waals surface area contributed by atoms with Gasteiger partial charge in [0, 0.05) is 53.6 Å². The van der Waals surface area contributed by atoms with Crippen molar-refractivity contribution in [1.82, 2.24) is 35.6 Å². The van der Waals surface area contributed by atoms with Crippen LogP contribution in [0.25, 0.3) is 0 Å². The topological polar surface area (TPSA) is 208 Å². The largest absolute Gasteiger partial charge is 0.444 e.